The number of carbonyl (C=O) groups excluding carboxylic acids is 1. The Kier molecular flexibility index (Phi) is 7.69. The minimum Gasteiger partial charge on any atom is -0.349 e. The summed E-state index contributed by atoms with van der Waals surface area (Å²) in [6.45, 7) is 2.68. The van der Waals surface area contributed by atoms with Crippen LogP contribution in [0, 0.1) is 5.92 Å². The second kappa shape index (κ2) is 10.3. The van der Waals surface area contributed by atoms with Crippen LogP contribution in [0.4, 0.5) is 0 Å². The van der Waals surface area contributed by atoms with E-state index in [1.807, 2.05) is 6.92 Å². The van der Waals surface area contributed by atoms with Crippen molar-refractivity contribution in [2.24, 2.45) is 5.92 Å². The molecule has 1 fully saturated rings. The largest absolute Gasteiger partial charge is 0.349 e. The molecule has 178 valence electrons. The summed E-state index contributed by atoms with van der Waals surface area (Å²) in [5.74, 6) is -0.358. The molecule has 0 aromatic heterocycles. The molecule has 1 heterocycles. The number of carbonyl (C=O) groups is 1. The molecule has 33 heavy (non-hydrogen) atoms. The maximum Gasteiger partial charge on any atom is 0.223 e. The summed E-state index contributed by atoms with van der Waals surface area (Å²) in [4.78, 5) is 12.9. The second-order valence-corrected chi connectivity index (χ2v) is 11.9. The maximum absolute atomic E-state index is 12.9. The number of benzene rings is 2. The Balaban J connectivity index is 1.32. The molecule has 2 aliphatic rings. The lowest BCUT2D eigenvalue weighted by Crippen LogP contribution is -2.43. The van der Waals surface area contributed by atoms with Crippen molar-refractivity contribution in [3.8, 4) is 0 Å². The summed E-state index contributed by atoms with van der Waals surface area (Å²) in [5, 5.41) is 3.96. The first-order valence-corrected chi connectivity index (χ1v) is 13.9. The Bertz CT molecular complexity index is 1130. The first-order valence-electron chi connectivity index (χ1n) is 11.6. The smallest absolute Gasteiger partial charge is 0.223 e. The zero-order chi connectivity index (χ0) is 23.6. The topological polar surface area (TPSA) is 66.5 Å². The number of rotatable bonds is 6. The molecule has 2 aromatic carbocycles. The predicted molar refractivity (Wildman–Crippen MR) is 133 cm³/mol. The molecule has 5 nitrogen and oxygen atoms in total. The van der Waals surface area contributed by atoms with E-state index in [1.54, 1.807) is 18.2 Å². The van der Waals surface area contributed by atoms with Gasteiger partial charge in [0.1, 0.15) is 0 Å². The van der Waals surface area contributed by atoms with Crippen molar-refractivity contribution in [1.29, 1.82) is 0 Å². The Labute approximate surface area is 206 Å². The fourth-order valence-electron chi connectivity index (χ4n) is 4.76. The summed E-state index contributed by atoms with van der Waals surface area (Å²) in [5.41, 5.74) is 4.49. The van der Waals surface area contributed by atoms with Crippen LogP contribution in [-0.2, 0) is 33.4 Å². The van der Waals surface area contributed by atoms with Crippen LogP contribution >= 0.6 is 23.2 Å². The molecule has 1 N–H and O–H groups in total. The van der Waals surface area contributed by atoms with E-state index in [0.29, 0.717) is 41.5 Å². The van der Waals surface area contributed by atoms with Gasteiger partial charge in [-0.1, -0.05) is 47.5 Å². The zero-order valence-corrected chi connectivity index (χ0v) is 21.1. The fourth-order valence-corrected chi connectivity index (χ4v) is 6.91. The average Bonchev–Trinajstić information content (AvgIpc) is 2.80. The van der Waals surface area contributed by atoms with Gasteiger partial charge in [0.15, 0.2) is 0 Å². The van der Waals surface area contributed by atoms with Crippen molar-refractivity contribution in [1.82, 2.24) is 9.62 Å². The van der Waals surface area contributed by atoms with Crippen LogP contribution in [0.15, 0.2) is 36.4 Å². The van der Waals surface area contributed by atoms with Gasteiger partial charge in [0.2, 0.25) is 15.9 Å². The minimum atomic E-state index is -3.52. The number of fused-ring (bicyclic) bond motifs is 1. The van der Waals surface area contributed by atoms with Gasteiger partial charge in [-0.05, 0) is 79.8 Å². The summed E-state index contributed by atoms with van der Waals surface area (Å²) < 4.78 is 27.2. The second-order valence-electron chi connectivity index (χ2n) is 9.13. The zero-order valence-electron chi connectivity index (χ0n) is 18.8. The number of hydrogen-bond donors (Lipinski definition) is 1. The molecule has 1 aliphatic carbocycles. The third-order valence-electron chi connectivity index (χ3n) is 6.80. The van der Waals surface area contributed by atoms with Crippen LogP contribution in [-0.4, -0.2) is 31.7 Å². The summed E-state index contributed by atoms with van der Waals surface area (Å²) in [6.07, 6.45) is 5.75. The van der Waals surface area contributed by atoms with Crippen LogP contribution in [0.25, 0.3) is 0 Å². The van der Waals surface area contributed by atoms with E-state index in [1.165, 1.54) is 28.3 Å². The highest BCUT2D eigenvalue weighted by molar-refractivity contribution is 7.88. The summed E-state index contributed by atoms with van der Waals surface area (Å²) >= 11 is 12.1. The number of hydrogen-bond acceptors (Lipinski definition) is 3. The van der Waals surface area contributed by atoms with Gasteiger partial charge in [-0.2, -0.15) is 0 Å². The molecule has 0 saturated carbocycles. The number of amides is 1. The van der Waals surface area contributed by atoms with E-state index in [9.17, 15) is 13.2 Å². The van der Waals surface area contributed by atoms with Crippen LogP contribution in [0.1, 0.15) is 60.9 Å². The molecule has 1 amide bonds. The lowest BCUT2D eigenvalue weighted by molar-refractivity contribution is -0.126. The van der Waals surface area contributed by atoms with E-state index in [-0.39, 0.29) is 23.6 Å². The monoisotopic (exact) mass is 508 g/mol. The number of piperidine rings is 1. The Hall–Kier alpha value is -1.60. The van der Waals surface area contributed by atoms with Gasteiger partial charge in [-0.3, -0.25) is 4.79 Å². The fraction of sp³-hybridized carbons (Fsp3) is 0.480. The van der Waals surface area contributed by atoms with Gasteiger partial charge < -0.3 is 5.32 Å². The first-order chi connectivity index (χ1) is 15.7. The Morgan fingerprint density at radius 3 is 2.45 bits per heavy atom. The van der Waals surface area contributed by atoms with Crippen LogP contribution < -0.4 is 5.32 Å². The van der Waals surface area contributed by atoms with Crippen molar-refractivity contribution in [2.75, 3.05) is 13.1 Å². The highest BCUT2D eigenvalue weighted by Gasteiger charge is 2.32. The average molecular weight is 509 g/mol. The minimum absolute atomic E-state index is 0.00184. The van der Waals surface area contributed by atoms with Gasteiger partial charge in [-0.15, -0.1) is 0 Å². The molecule has 8 heteroatoms. The Morgan fingerprint density at radius 1 is 1.06 bits per heavy atom. The van der Waals surface area contributed by atoms with Gasteiger partial charge in [0, 0.05) is 29.1 Å². The number of sulfonamides is 1. The molecule has 0 radical (unpaired) electrons. The van der Waals surface area contributed by atoms with Gasteiger partial charge in [0.25, 0.3) is 0 Å². The van der Waals surface area contributed by atoms with Crippen molar-refractivity contribution in [3.63, 3.8) is 0 Å². The molecular weight excluding hydrogens is 479 g/mol. The SMILES string of the molecule is C[C@@H](NC(=O)C1CCN(S(=O)(=O)Cc2ccc(Cl)cc2Cl)CC1)c1ccc2c(c1)CCCC2. The van der Waals surface area contributed by atoms with E-state index < -0.39 is 10.0 Å². The molecule has 1 aliphatic heterocycles. The van der Waals surface area contributed by atoms with Gasteiger partial charge in [0.05, 0.1) is 11.8 Å². The Morgan fingerprint density at radius 2 is 1.76 bits per heavy atom. The van der Waals surface area contributed by atoms with Crippen molar-refractivity contribution in [3.05, 3.63) is 68.7 Å². The maximum atomic E-state index is 12.9. The van der Waals surface area contributed by atoms with E-state index >= 15 is 0 Å². The van der Waals surface area contributed by atoms with Crippen LogP contribution in [0.2, 0.25) is 10.0 Å². The number of halogens is 2. The quantitative estimate of drug-likeness (QED) is 0.576. The first kappa shape index (κ1) is 24.5. The molecule has 2 aromatic rings. The summed E-state index contributed by atoms with van der Waals surface area (Å²) in [6, 6.07) is 11.3. The predicted octanol–water partition coefficient (Wildman–Crippen LogP) is 5.29. The standard InChI is InChI=1S/C25H30Cl2N2O3S/c1-17(20-7-6-18-4-2-3-5-21(18)14-20)28-25(30)19-10-12-29(13-11-19)33(31,32)16-22-8-9-23(26)15-24(22)27/h6-9,14-15,17,19H,2-5,10-13,16H2,1H3,(H,28,30)/t17-/m1/s1. The highest BCUT2D eigenvalue weighted by Crippen LogP contribution is 2.28. The molecule has 4 rings (SSSR count). The van der Waals surface area contributed by atoms with Crippen molar-refractivity contribution >= 4 is 39.1 Å². The summed E-state index contributed by atoms with van der Waals surface area (Å²) in [7, 11) is -3.52. The third-order valence-corrected chi connectivity index (χ3v) is 9.22. The highest BCUT2D eigenvalue weighted by atomic mass is 35.5. The molecular formula is C25H30Cl2N2O3S. The number of nitrogens with one attached hydrogen (secondary N) is 1. The van der Waals surface area contributed by atoms with Crippen molar-refractivity contribution < 1.29 is 13.2 Å². The van der Waals surface area contributed by atoms with E-state index in [2.05, 4.69) is 23.5 Å². The normalized spacial score (nSPS) is 18.5. The van der Waals surface area contributed by atoms with Crippen LogP contribution in [0.5, 0.6) is 0 Å². The molecule has 1 saturated heterocycles. The van der Waals surface area contributed by atoms with Crippen LogP contribution in [0.3, 0.4) is 0 Å². The number of aryl methyl sites for hydroxylation is 2. The van der Waals surface area contributed by atoms with Gasteiger partial charge in [-0.25, -0.2) is 12.7 Å². The molecule has 0 unspecified atom stereocenters. The van der Waals surface area contributed by atoms with E-state index in [4.69, 9.17) is 23.2 Å². The third kappa shape index (κ3) is 5.91. The lowest BCUT2D eigenvalue weighted by atomic mass is 9.89. The molecule has 0 bridgehead atoms. The molecule has 0 spiro atoms. The lowest BCUT2D eigenvalue weighted by Gasteiger charge is -2.31. The van der Waals surface area contributed by atoms with Gasteiger partial charge >= 0.3 is 0 Å². The van der Waals surface area contributed by atoms with E-state index in [0.717, 1.165) is 18.4 Å². The molecule has 1 atom stereocenters. The number of nitrogens with zero attached hydrogens (tertiary/aromatic N) is 1. The van der Waals surface area contributed by atoms with Crippen molar-refractivity contribution in [2.45, 2.75) is 57.2 Å².